The zero-order valence-corrected chi connectivity index (χ0v) is 13.8. The molecule has 0 bridgehead atoms. The predicted octanol–water partition coefficient (Wildman–Crippen LogP) is 1.32. The van der Waals surface area contributed by atoms with Gasteiger partial charge in [-0.15, -0.1) is 0 Å². The van der Waals surface area contributed by atoms with Gasteiger partial charge in [0, 0.05) is 37.9 Å². The Hall–Kier alpha value is -2.15. The molecule has 2 fully saturated rings. The summed E-state index contributed by atoms with van der Waals surface area (Å²) in [6.45, 7) is 4.77. The summed E-state index contributed by atoms with van der Waals surface area (Å²) < 4.78 is 13.0. The summed E-state index contributed by atoms with van der Waals surface area (Å²) >= 11 is 0. The molecular weight excluding hydrogens is 311 g/mol. The number of urea groups is 1. The van der Waals surface area contributed by atoms with Crippen LogP contribution in [0.15, 0.2) is 24.3 Å². The van der Waals surface area contributed by atoms with Gasteiger partial charge in [-0.1, -0.05) is 0 Å². The number of piperazine rings is 1. The average molecular weight is 334 g/mol. The van der Waals surface area contributed by atoms with Gasteiger partial charge in [0.25, 0.3) is 0 Å². The second kappa shape index (κ2) is 7.17. The number of halogens is 1. The lowest BCUT2D eigenvalue weighted by Crippen LogP contribution is -2.55. The summed E-state index contributed by atoms with van der Waals surface area (Å²) in [6, 6.07) is 5.91. The minimum Gasteiger partial charge on any atom is -0.369 e. The molecule has 1 aromatic carbocycles. The highest BCUT2D eigenvalue weighted by Crippen LogP contribution is 2.19. The van der Waals surface area contributed by atoms with Crippen LogP contribution in [0, 0.1) is 5.82 Å². The Morgan fingerprint density at radius 3 is 2.33 bits per heavy atom. The number of amides is 3. The van der Waals surface area contributed by atoms with Crippen LogP contribution in [0.25, 0.3) is 0 Å². The number of nitrogens with one attached hydrogen (secondary N) is 2. The van der Waals surface area contributed by atoms with Gasteiger partial charge in [-0.25, -0.2) is 9.18 Å². The van der Waals surface area contributed by atoms with E-state index < -0.39 is 6.03 Å². The Bertz CT molecular complexity index is 595. The molecule has 24 heavy (non-hydrogen) atoms. The molecule has 1 saturated carbocycles. The quantitative estimate of drug-likeness (QED) is 0.872. The normalized spacial score (nSPS) is 19.7. The lowest BCUT2D eigenvalue weighted by atomic mass is 10.2. The maximum atomic E-state index is 13.0. The van der Waals surface area contributed by atoms with Crippen LogP contribution in [0.4, 0.5) is 14.9 Å². The molecule has 0 spiro atoms. The first-order valence-corrected chi connectivity index (χ1v) is 8.39. The molecule has 3 amide bonds. The highest BCUT2D eigenvalue weighted by atomic mass is 19.1. The largest absolute Gasteiger partial charge is 0.369 e. The lowest BCUT2D eigenvalue weighted by Gasteiger charge is -2.38. The van der Waals surface area contributed by atoms with Crippen molar-refractivity contribution in [3.63, 3.8) is 0 Å². The fraction of sp³-hybridized carbons (Fsp3) is 0.529. The van der Waals surface area contributed by atoms with Gasteiger partial charge >= 0.3 is 6.03 Å². The molecule has 6 nitrogen and oxygen atoms in total. The van der Waals surface area contributed by atoms with E-state index in [2.05, 4.69) is 20.4 Å². The van der Waals surface area contributed by atoms with Gasteiger partial charge in [-0.2, -0.15) is 0 Å². The summed E-state index contributed by atoms with van der Waals surface area (Å²) in [6.07, 6.45) is 1.98. The Balaban J connectivity index is 1.47. The van der Waals surface area contributed by atoms with Crippen molar-refractivity contribution in [1.29, 1.82) is 0 Å². The van der Waals surface area contributed by atoms with Gasteiger partial charge in [-0.3, -0.25) is 15.0 Å². The monoisotopic (exact) mass is 334 g/mol. The fourth-order valence-electron chi connectivity index (χ4n) is 2.85. The van der Waals surface area contributed by atoms with Crippen molar-refractivity contribution in [3.8, 4) is 0 Å². The van der Waals surface area contributed by atoms with E-state index in [4.69, 9.17) is 0 Å². The van der Waals surface area contributed by atoms with Crippen molar-refractivity contribution >= 4 is 17.6 Å². The second-order valence-electron chi connectivity index (χ2n) is 6.41. The van der Waals surface area contributed by atoms with Gasteiger partial charge in [0.15, 0.2) is 0 Å². The number of carbonyl (C=O) groups is 2. The number of benzene rings is 1. The first-order valence-electron chi connectivity index (χ1n) is 8.39. The van der Waals surface area contributed by atoms with E-state index >= 15 is 0 Å². The first kappa shape index (κ1) is 16.7. The van der Waals surface area contributed by atoms with Crippen LogP contribution >= 0.6 is 0 Å². The molecule has 0 aromatic heterocycles. The third-order valence-corrected chi connectivity index (χ3v) is 4.58. The molecule has 1 saturated heterocycles. The highest BCUT2D eigenvalue weighted by molar-refractivity contribution is 5.97. The summed E-state index contributed by atoms with van der Waals surface area (Å²) in [5, 5.41) is 5.16. The molecule has 1 heterocycles. The summed E-state index contributed by atoms with van der Waals surface area (Å²) in [5.74, 6) is -0.518. The molecule has 2 N–H and O–H groups in total. The zero-order chi connectivity index (χ0) is 17.1. The molecule has 1 aliphatic heterocycles. The maximum Gasteiger partial charge on any atom is 0.321 e. The van der Waals surface area contributed by atoms with Crippen molar-refractivity contribution < 1.29 is 14.0 Å². The minimum atomic E-state index is -0.403. The van der Waals surface area contributed by atoms with Crippen molar-refractivity contribution in [2.45, 2.75) is 31.8 Å². The van der Waals surface area contributed by atoms with Crippen molar-refractivity contribution in [3.05, 3.63) is 30.1 Å². The minimum absolute atomic E-state index is 0.229. The number of imide groups is 1. The Kier molecular flexibility index (Phi) is 4.99. The molecule has 1 unspecified atom stereocenters. The predicted molar refractivity (Wildman–Crippen MR) is 89.3 cm³/mol. The van der Waals surface area contributed by atoms with Crippen LogP contribution in [0.5, 0.6) is 0 Å². The second-order valence-corrected chi connectivity index (χ2v) is 6.41. The van der Waals surface area contributed by atoms with Crippen molar-refractivity contribution in [1.82, 2.24) is 15.5 Å². The van der Waals surface area contributed by atoms with E-state index in [0.29, 0.717) is 0 Å². The number of nitrogens with zero attached hydrogens (tertiary/aromatic N) is 2. The third-order valence-electron chi connectivity index (χ3n) is 4.58. The fourth-order valence-corrected chi connectivity index (χ4v) is 2.85. The topological polar surface area (TPSA) is 64.7 Å². The molecular formula is C17H23FN4O2. The van der Waals surface area contributed by atoms with Gasteiger partial charge in [0.05, 0.1) is 6.04 Å². The van der Waals surface area contributed by atoms with Gasteiger partial charge in [0.1, 0.15) is 5.82 Å². The van der Waals surface area contributed by atoms with Crippen molar-refractivity contribution in [2.75, 3.05) is 31.1 Å². The number of anilines is 1. The van der Waals surface area contributed by atoms with Gasteiger partial charge in [0.2, 0.25) is 5.91 Å². The summed E-state index contributed by atoms with van der Waals surface area (Å²) in [7, 11) is 0. The van der Waals surface area contributed by atoms with Gasteiger partial charge in [-0.05, 0) is 44.0 Å². The Morgan fingerprint density at radius 1 is 1.12 bits per heavy atom. The molecule has 3 rings (SSSR count). The number of carbonyl (C=O) groups excluding carboxylic acids is 2. The van der Waals surface area contributed by atoms with E-state index in [1.54, 1.807) is 12.1 Å². The van der Waals surface area contributed by atoms with E-state index in [-0.39, 0.29) is 23.8 Å². The first-order chi connectivity index (χ1) is 11.5. The maximum absolute atomic E-state index is 13.0. The van der Waals surface area contributed by atoms with Crippen LogP contribution in [0.3, 0.4) is 0 Å². The smallest absolute Gasteiger partial charge is 0.321 e. The number of hydrogen-bond acceptors (Lipinski definition) is 4. The number of rotatable bonds is 4. The zero-order valence-electron chi connectivity index (χ0n) is 13.8. The SMILES string of the molecule is CC(C(=O)NC(=O)NC1CC1)N1CCN(c2ccc(F)cc2)CC1. The lowest BCUT2D eigenvalue weighted by molar-refractivity contribution is -0.124. The molecule has 0 radical (unpaired) electrons. The summed E-state index contributed by atoms with van der Waals surface area (Å²) in [5.41, 5.74) is 0.983. The molecule has 2 aliphatic rings. The van der Waals surface area contributed by atoms with E-state index in [1.807, 2.05) is 6.92 Å². The van der Waals surface area contributed by atoms with Crippen LogP contribution in [0.2, 0.25) is 0 Å². The third kappa shape index (κ3) is 4.23. The molecule has 1 aromatic rings. The highest BCUT2D eigenvalue weighted by Gasteiger charge is 2.28. The molecule has 1 atom stereocenters. The van der Waals surface area contributed by atoms with E-state index in [9.17, 15) is 14.0 Å². The Labute approximate surface area is 141 Å². The summed E-state index contributed by atoms with van der Waals surface area (Å²) in [4.78, 5) is 28.1. The molecule has 7 heteroatoms. The van der Waals surface area contributed by atoms with Crippen LogP contribution in [-0.4, -0.2) is 55.1 Å². The molecule has 130 valence electrons. The van der Waals surface area contributed by atoms with Gasteiger partial charge < -0.3 is 10.2 Å². The van der Waals surface area contributed by atoms with Crippen LogP contribution in [-0.2, 0) is 4.79 Å². The van der Waals surface area contributed by atoms with E-state index in [1.165, 1.54) is 12.1 Å². The Morgan fingerprint density at radius 2 is 1.75 bits per heavy atom. The van der Waals surface area contributed by atoms with E-state index in [0.717, 1.165) is 44.7 Å². The van der Waals surface area contributed by atoms with Crippen LogP contribution < -0.4 is 15.5 Å². The standard InChI is InChI=1S/C17H23FN4O2/c1-12(16(23)20-17(24)19-14-4-5-14)21-8-10-22(11-9-21)15-6-2-13(18)3-7-15/h2-3,6-7,12,14H,4-5,8-11H2,1H3,(H2,19,20,23,24). The average Bonchev–Trinajstić information content (AvgIpc) is 3.39. The number of hydrogen-bond donors (Lipinski definition) is 2. The van der Waals surface area contributed by atoms with Crippen molar-refractivity contribution in [2.24, 2.45) is 0 Å². The van der Waals surface area contributed by atoms with Crippen LogP contribution in [0.1, 0.15) is 19.8 Å². The molecule has 1 aliphatic carbocycles.